The molecule has 0 amide bonds. The highest BCUT2D eigenvalue weighted by atomic mass is 16.5. The molecule has 0 bridgehead atoms. The van der Waals surface area contributed by atoms with E-state index in [1.165, 1.54) is 57.8 Å². The monoisotopic (exact) mass is 278 g/mol. The van der Waals surface area contributed by atoms with Crippen molar-refractivity contribution in [3.8, 4) is 0 Å². The van der Waals surface area contributed by atoms with Gasteiger partial charge in [-0.3, -0.25) is 0 Å². The van der Waals surface area contributed by atoms with Crippen LogP contribution in [-0.2, 0) is 4.74 Å². The summed E-state index contributed by atoms with van der Waals surface area (Å²) in [5.74, 6) is 3.81. The van der Waals surface area contributed by atoms with E-state index in [4.69, 9.17) is 4.74 Å². The quantitative estimate of drug-likeness (QED) is 0.574. The number of ether oxygens (including phenoxy) is 1. The van der Waals surface area contributed by atoms with E-state index in [0.717, 1.165) is 36.9 Å². The fourth-order valence-corrected chi connectivity index (χ4v) is 4.25. The highest BCUT2D eigenvalue weighted by Crippen LogP contribution is 2.41. The summed E-state index contributed by atoms with van der Waals surface area (Å²) < 4.78 is 5.60. The predicted octanol–water partition coefficient (Wildman–Crippen LogP) is 5.60. The zero-order chi connectivity index (χ0) is 14.2. The van der Waals surface area contributed by atoms with Gasteiger partial charge in [-0.1, -0.05) is 19.1 Å². The van der Waals surface area contributed by atoms with Crippen molar-refractivity contribution in [2.75, 3.05) is 13.2 Å². The molecule has 0 atom stereocenters. The van der Waals surface area contributed by atoms with E-state index in [0.29, 0.717) is 0 Å². The van der Waals surface area contributed by atoms with Crippen molar-refractivity contribution >= 4 is 0 Å². The van der Waals surface area contributed by atoms with Crippen molar-refractivity contribution in [3.63, 3.8) is 0 Å². The van der Waals surface area contributed by atoms with Crippen LogP contribution in [0.4, 0.5) is 0 Å². The van der Waals surface area contributed by atoms with Crippen LogP contribution in [0.15, 0.2) is 12.2 Å². The molecule has 0 unspecified atom stereocenters. The van der Waals surface area contributed by atoms with Crippen LogP contribution in [0, 0.1) is 23.7 Å². The van der Waals surface area contributed by atoms with Crippen molar-refractivity contribution in [1.29, 1.82) is 0 Å². The highest BCUT2D eigenvalue weighted by Gasteiger charge is 2.30. The summed E-state index contributed by atoms with van der Waals surface area (Å²) >= 11 is 0. The van der Waals surface area contributed by atoms with Gasteiger partial charge >= 0.3 is 0 Å². The van der Waals surface area contributed by atoms with Crippen LogP contribution < -0.4 is 0 Å². The smallest absolute Gasteiger partial charge is 0.0494 e. The summed E-state index contributed by atoms with van der Waals surface area (Å²) in [7, 11) is 0. The molecular weight excluding hydrogens is 244 g/mol. The molecule has 0 spiro atoms. The van der Waals surface area contributed by atoms with Gasteiger partial charge in [0.15, 0.2) is 0 Å². The Morgan fingerprint density at radius 1 is 0.850 bits per heavy atom. The maximum Gasteiger partial charge on any atom is 0.0494 e. The van der Waals surface area contributed by atoms with Crippen molar-refractivity contribution < 1.29 is 4.74 Å². The van der Waals surface area contributed by atoms with Crippen LogP contribution >= 0.6 is 0 Å². The van der Waals surface area contributed by atoms with Gasteiger partial charge in [0, 0.05) is 13.2 Å². The molecule has 2 saturated carbocycles. The fraction of sp³-hybridized carbons (Fsp3) is 0.895. The second kappa shape index (κ2) is 8.87. The third-order valence-electron chi connectivity index (χ3n) is 5.58. The Labute approximate surface area is 126 Å². The van der Waals surface area contributed by atoms with E-state index >= 15 is 0 Å². The van der Waals surface area contributed by atoms with E-state index in [1.807, 2.05) is 0 Å². The molecule has 2 aliphatic carbocycles. The molecule has 0 N–H and O–H groups in total. The van der Waals surface area contributed by atoms with E-state index in [9.17, 15) is 0 Å². The van der Waals surface area contributed by atoms with E-state index < -0.39 is 0 Å². The molecule has 1 heteroatoms. The van der Waals surface area contributed by atoms with Crippen molar-refractivity contribution in [1.82, 2.24) is 0 Å². The molecular formula is C19H34O. The average Bonchev–Trinajstić information content (AvgIpc) is 2.52. The Kier molecular flexibility index (Phi) is 7.13. The molecule has 2 fully saturated rings. The molecule has 0 aromatic carbocycles. The summed E-state index contributed by atoms with van der Waals surface area (Å²) in [5.41, 5.74) is 0. The molecule has 0 heterocycles. The maximum absolute atomic E-state index is 5.60. The van der Waals surface area contributed by atoms with Crippen LogP contribution in [0.1, 0.15) is 71.6 Å². The standard InChI is InChI=1S/C19H34O/c1-3-5-6-16-7-11-18(12-8-16)19-13-9-17(10-14-19)15-20-4-2/h5-6,16-19H,3-4,7-15H2,1-2H3/t16-,17-,18-,19-. The van der Waals surface area contributed by atoms with E-state index in [2.05, 4.69) is 26.0 Å². The lowest BCUT2D eigenvalue weighted by molar-refractivity contribution is 0.0727. The van der Waals surface area contributed by atoms with Gasteiger partial charge in [0.25, 0.3) is 0 Å². The fourth-order valence-electron chi connectivity index (χ4n) is 4.25. The Morgan fingerprint density at radius 3 is 2.00 bits per heavy atom. The summed E-state index contributed by atoms with van der Waals surface area (Å²) in [6.45, 7) is 6.24. The summed E-state index contributed by atoms with van der Waals surface area (Å²) in [5, 5.41) is 0. The molecule has 2 rings (SSSR count). The SMILES string of the molecule is CCC=C[C@H]1CC[C@H]([C@H]2CC[C@H](COCC)CC2)CC1. The molecule has 0 aliphatic heterocycles. The lowest BCUT2D eigenvalue weighted by atomic mass is 9.69. The largest absolute Gasteiger partial charge is 0.381 e. The first-order chi connectivity index (χ1) is 9.83. The van der Waals surface area contributed by atoms with E-state index in [-0.39, 0.29) is 0 Å². The van der Waals surface area contributed by atoms with Crippen LogP contribution in [-0.4, -0.2) is 13.2 Å². The summed E-state index contributed by atoms with van der Waals surface area (Å²) in [6, 6.07) is 0. The third kappa shape index (κ3) is 4.91. The van der Waals surface area contributed by atoms with Gasteiger partial charge < -0.3 is 4.74 Å². The molecule has 0 radical (unpaired) electrons. The lowest BCUT2D eigenvalue weighted by Gasteiger charge is -2.37. The van der Waals surface area contributed by atoms with Gasteiger partial charge in [0.2, 0.25) is 0 Å². The second-order valence-corrected chi connectivity index (χ2v) is 6.95. The Morgan fingerprint density at radius 2 is 1.45 bits per heavy atom. The second-order valence-electron chi connectivity index (χ2n) is 6.95. The van der Waals surface area contributed by atoms with Crippen molar-refractivity contribution in [3.05, 3.63) is 12.2 Å². The number of allylic oxidation sites excluding steroid dienone is 2. The van der Waals surface area contributed by atoms with Gasteiger partial charge in [-0.2, -0.15) is 0 Å². The van der Waals surface area contributed by atoms with Crippen LogP contribution in [0.2, 0.25) is 0 Å². The van der Waals surface area contributed by atoms with Gasteiger partial charge in [-0.25, -0.2) is 0 Å². The van der Waals surface area contributed by atoms with Gasteiger partial charge in [0.05, 0.1) is 0 Å². The molecule has 0 aromatic heterocycles. The molecule has 116 valence electrons. The number of rotatable bonds is 6. The van der Waals surface area contributed by atoms with Crippen LogP contribution in [0.3, 0.4) is 0 Å². The Hall–Kier alpha value is -0.300. The van der Waals surface area contributed by atoms with Crippen molar-refractivity contribution in [2.24, 2.45) is 23.7 Å². The highest BCUT2D eigenvalue weighted by molar-refractivity contribution is 4.91. The van der Waals surface area contributed by atoms with Crippen LogP contribution in [0.25, 0.3) is 0 Å². The Balaban J connectivity index is 1.66. The minimum atomic E-state index is 0.857. The molecule has 20 heavy (non-hydrogen) atoms. The normalized spacial score (nSPS) is 35.5. The topological polar surface area (TPSA) is 9.23 Å². The van der Waals surface area contributed by atoms with Gasteiger partial charge in [-0.15, -0.1) is 0 Å². The number of hydrogen-bond acceptors (Lipinski definition) is 1. The first kappa shape index (κ1) is 16.1. The molecule has 0 saturated heterocycles. The predicted molar refractivity (Wildman–Crippen MR) is 86.8 cm³/mol. The van der Waals surface area contributed by atoms with Crippen molar-refractivity contribution in [2.45, 2.75) is 71.6 Å². The third-order valence-corrected chi connectivity index (χ3v) is 5.58. The summed E-state index contributed by atoms with van der Waals surface area (Å²) in [6.07, 6.45) is 17.7. The minimum Gasteiger partial charge on any atom is -0.381 e. The van der Waals surface area contributed by atoms with Gasteiger partial charge in [-0.05, 0) is 88.4 Å². The van der Waals surface area contributed by atoms with Gasteiger partial charge in [0.1, 0.15) is 0 Å². The molecule has 0 aromatic rings. The number of hydrogen-bond donors (Lipinski definition) is 0. The van der Waals surface area contributed by atoms with Crippen LogP contribution in [0.5, 0.6) is 0 Å². The minimum absolute atomic E-state index is 0.857. The zero-order valence-electron chi connectivity index (χ0n) is 13.7. The molecule has 2 aliphatic rings. The molecule has 1 nitrogen and oxygen atoms in total. The first-order valence-corrected chi connectivity index (χ1v) is 9.07. The average molecular weight is 278 g/mol. The van der Waals surface area contributed by atoms with E-state index in [1.54, 1.807) is 0 Å². The summed E-state index contributed by atoms with van der Waals surface area (Å²) in [4.78, 5) is 0. The first-order valence-electron chi connectivity index (χ1n) is 9.07. The maximum atomic E-state index is 5.60. The zero-order valence-corrected chi connectivity index (χ0v) is 13.7. The lowest BCUT2D eigenvalue weighted by Crippen LogP contribution is -2.26. The Bertz CT molecular complexity index is 267.